The molecule has 84 valence electrons. The Labute approximate surface area is 99.9 Å². The number of rotatable bonds is 0. The Bertz CT molecular complexity index is 513. The smallest absolute Gasteiger partial charge is 0.0574 e. The summed E-state index contributed by atoms with van der Waals surface area (Å²) in [5, 5.41) is 9.80. The molecule has 0 saturated heterocycles. The maximum atomic E-state index is 5.36. The number of nitrogens with two attached hydrogens (primary N) is 1. The van der Waals surface area contributed by atoms with Crippen molar-refractivity contribution in [1.82, 2.24) is 10.2 Å². The average molecular weight is 223 g/mol. The lowest BCUT2D eigenvalue weighted by Gasteiger charge is -1.90. The second-order valence-corrected chi connectivity index (χ2v) is 3.53. The van der Waals surface area contributed by atoms with Gasteiger partial charge >= 0.3 is 0 Å². The zero-order valence-electron chi connectivity index (χ0n) is 9.32. The molecule has 2 N–H and O–H groups in total. The second-order valence-electron chi connectivity index (χ2n) is 3.53. The largest absolute Gasteiger partial charge is 0.399 e. The van der Waals surface area contributed by atoms with Crippen LogP contribution in [0, 0.1) is 0 Å². The number of anilines is 1. The zero-order chi connectivity index (χ0) is 11.9. The molecule has 3 rings (SSSR count). The van der Waals surface area contributed by atoms with Crippen molar-refractivity contribution in [2.75, 3.05) is 5.73 Å². The van der Waals surface area contributed by atoms with Crippen LogP contribution in [0.5, 0.6) is 0 Å². The average Bonchev–Trinajstić information content (AvgIpc) is 2.41. The van der Waals surface area contributed by atoms with E-state index in [2.05, 4.69) is 10.2 Å². The van der Waals surface area contributed by atoms with Crippen molar-refractivity contribution in [2.45, 2.75) is 0 Å². The third-order valence-corrected chi connectivity index (χ3v) is 2.26. The SMILES string of the molecule is Nc1ccccc1.c1ccc2cnncc2c1. The highest BCUT2D eigenvalue weighted by Gasteiger charge is 1.87. The normalized spacial score (nSPS) is 9.41. The topological polar surface area (TPSA) is 51.8 Å². The molecule has 17 heavy (non-hydrogen) atoms. The summed E-state index contributed by atoms with van der Waals surface area (Å²) < 4.78 is 0. The minimum Gasteiger partial charge on any atom is -0.399 e. The summed E-state index contributed by atoms with van der Waals surface area (Å²) in [6.07, 6.45) is 3.52. The summed E-state index contributed by atoms with van der Waals surface area (Å²) in [6.45, 7) is 0. The van der Waals surface area contributed by atoms with Gasteiger partial charge in [-0.1, -0.05) is 42.5 Å². The molecule has 0 aliphatic rings. The Morgan fingerprint density at radius 1 is 0.647 bits per heavy atom. The van der Waals surface area contributed by atoms with Gasteiger partial charge in [-0.05, 0) is 12.1 Å². The van der Waals surface area contributed by atoms with Crippen LogP contribution in [0.1, 0.15) is 0 Å². The fraction of sp³-hybridized carbons (Fsp3) is 0. The van der Waals surface area contributed by atoms with Gasteiger partial charge in [0.05, 0.1) is 12.4 Å². The number of hydrogen-bond acceptors (Lipinski definition) is 3. The van der Waals surface area contributed by atoms with Crippen LogP contribution in [0.15, 0.2) is 67.0 Å². The Morgan fingerprint density at radius 2 is 1.12 bits per heavy atom. The van der Waals surface area contributed by atoms with Crippen LogP contribution in [0.25, 0.3) is 10.8 Å². The first-order valence-corrected chi connectivity index (χ1v) is 5.32. The highest BCUT2D eigenvalue weighted by Crippen LogP contribution is 2.08. The first-order valence-electron chi connectivity index (χ1n) is 5.32. The van der Waals surface area contributed by atoms with Crippen LogP contribution in [-0.4, -0.2) is 10.2 Å². The second kappa shape index (κ2) is 5.61. The molecule has 0 fully saturated rings. The molecule has 0 bridgehead atoms. The lowest BCUT2D eigenvalue weighted by molar-refractivity contribution is 1.05. The predicted octanol–water partition coefficient (Wildman–Crippen LogP) is 2.90. The quantitative estimate of drug-likeness (QED) is 0.596. The maximum absolute atomic E-state index is 5.36. The summed E-state index contributed by atoms with van der Waals surface area (Å²) in [5.41, 5.74) is 6.18. The van der Waals surface area contributed by atoms with Gasteiger partial charge in [0, 0.05) is 16.5 Å². The monoisotopic (exact) mass is 223 g/mol. The van der Waals surface area contributed by atoms with E-state index < -0.39 is 0 Å². The third-order valence-electron chi connectivity index (χ3n) is 2.26. The standard InChI is InChI=1S/C8H6N2.C6H7N/c1-2-4-8-6-10-9-5-7(8)3-1;7-6-4-2-1-3-5-6/h1-6H;1-5H,7H2. The van der Waals surface area contributed by atoms with E-state index in [4.69, 9.17) is 5.73 Å². The molecular weight excluding hydrogens is 210 g/mol. The van der Waals surface area contributed by atoms with Crippen LogP contribution >= 0.6 is 0 Å². The van der Waals surface area contributed by atoms with Gasteiger partial charge in [-0.15, -0.1) is 0 Å². The van der Waals surface area contributed by atoms with Gasteiger partial charge in [-0.2, -0.15) is 10.2 Å². The van der Waals surface area contributed by atoms with E-state index in [1.165, 1.54) is 0 Å². The first-order chi connectivity index (χ1) is 8.36. The number of fused-ring (bicyclic) bond motifs is 1. The van der Waals surface area contributed by atoms with Crippen molar-refractivity contribution in [3.8, 4) is 0 Å². The molecule has 0 unspecified atom stereocenters. The number of aromatic nitrogens is 2. The van der Waals surface area contributed by atoms with E-state index in [-0.39, 0.29) is 0 Å². The van der Waals surface area contributed by atoms with Crippen molar-refractivity contribution < 1.29 is 0 Å². The Kier molecular flexibility index (Phi) is 3.65. The Hall–Kier alpha value is -2.42. The molecule has 0 atom stereocenters. The molecule has 1 heterocycles. The van der Waals surface area contributed by atoms with Crippen molar-refractivity contribution >= 4 is 16.5 Å². The first kappa shape index (κ1) is 11.1. The molecule has 0 spiro atoms. The van der Waals surface area contributed by atoms with E-state index in [1.807, 2.05) is 54.6 Å². The lowest BCUT2D eigenvalue weighted by Crippen LogP contribution is -1.79. The summed E-state index contributed by atoms with van der Waals surface area (Å²) in [5.74, 6) is 0. The number of hydrogen-bond donors (Lipinski definition) is 1. The molecule has 1 aromatic heterocycles. The van der Waals surface area contributed by atoms with Crippen LogP contribution in [0.2, 0.25) is 0 Å². The molecule has 3 aromatic rings. The minimum atomic E-state index is 0.822. The van der Waals surface area contributed by atoms with Crippen LogP contribution in [0.3, 0.4) is 0 Å². The molecular formula is C14H13N3. The molecule has 3 heteroatoms. The third kappa shape index (κ3) is 3.28. The number of nitrogens with zero attached hydrogens (tertiary/aromatic N) is 2. The van der Waals surface area contributed by atoms with Gasteiger partial charge in [0.2, 0.25) is 0 Å². The molecule has 0 radical (unpaired) electrons. The van der Waals surface area contributed by atoms with Gasteiger partial charge in [0.15, 0.2) is 0 Å². The van der Waals surface area contributed by atoms with E-state index in [1.54, 1.807) is 12.4 Å². The zero-order valence-corrected chi connectivity index (χ0v) is 9.32. The van der Waals surface area contributed by atoms with Gasteiger partial charge in [0.25, 0.3) is 0 Å². The van der Waals surface area contributed by atoms with E-state index >= 15 is 0 Å². The van der Waals surface area contributed by atoms with Crippen molar-refractivity contribution in [1.29, 1.82) is 0 Å². The van der Waals surface area contributed by atoms with Crippen LogP contribution in [-0.2, 0) is 0 Å². The maximum Gasteiger partial charge on any atom is 0.0574 e. The summed E-state index contributed by atoms with van der Waals surface area (Å²) >= 11 is 0. The Balaban J connectivity index is 0.000000136. The lowest BCUT2D eigenvalue weighted by atomic mass is 10.2. The van der Waals surface area contributed by atoms with E-state index in [0.717, 1.165) is 16.5 Å². The molecule has 0 amide bonds. The van der Waals surface area contributed by atoms with Crippen molar-refractivity contribution in [3.05, 3.63) is 67.0 Å². The van der Waals surface area contributed by atoms with Gasteiger partial charge in [-0.25, -0.2) is 0 Å². The summed E-state index contributed by atoms with van der Waals surface area (Å²) in [6, 6.07) is 17.5. The molecule has 0 aliphatic heterocycles. The summed E-state index contributed by atoms with van der Waals surface area (Å²) in [4.78, 5) is 0. The fourth-order valence-corrected chi connectivity index (χ4v) is 1.39. The predicted molar refractivity (Wildman–Crippen MR) is 70.4 cm³/mol. The number of benzene rings is 2. The van der Waals surface area contributed by atoms with Crippen molar-refractivity contribution in [3.63, 3.8) is 0 Å². The molecule has 0 saturated carbocycles. The van der Waals surface area contributed by atoms with Gasteiger partial charge < -0.3 is 5.73 Å². The highest BCUT2D eigenvalue weighted by molar-refractivity contribution is 5.80. The Morgan fingerprint density at radius 3 is 1.53 bits per heavy atom. The highest BCUT2D eigenvalue weighted by atomic mass is 15.1. The van der Waals surface area contributed by atoms with Gasteiger partial charge in [-0.3, -0.25) is 0 Å². The van der Waals surface area contributed by atoms with Crippen LogP contribution < -0.4 is 5.73 Å². The van der Waals surface area contributed by atoms with Crippen LogP contribution in [0.4, 0.5) is 5.69 Å². The van der Waals surface area contributed by atoms with Crippen molar-refractivity contribution in [2.24, 2.45) is 0 Å². The summed E-state index contributed by atoms with van der Waals surface area (Å²) in [7, 11) is 0. The number of para-hydroxylation sites is 1. The molecule has 2 aromatic carbocycles. The molecule has 3 nitrogen and oxygen atoms in total. The minimum absolute atomic E-state index is 0.822. The number of nitrogen functional groups attached to an aromatic ring is 1. The van der Waals surface area contributed by atoms with Gasteiger partial charge in [0.1, 0.15) is 0 Å². The van der Waals surface area contributed by atoms with E-state index in [9.17, 15) is 0 Å². The van der Waals surface area contributed by atoms with E-state index in [0.29, 0.717) is 0 Å². The molecule has 0 aliphatic carbocycles. The fourth-order valence-electron chi connectivity index (χ4n) is 1.39.